The molecule has 90 valence electrons. The number of halogens is 2. The molecule has 0 heterocycles. The number of ether oxygens (including phenoxy) is 1. The first kappa shape index (κ1) is 13.1. The van der Waals surface area contributed by atoms with E-state index < -0.39 is 24.6 Å². The monoisotopic (exact) mass is 241 g/mol. The molecule has 0 atom stereocenters. The fourth-order valence-electron chi connectivity index (χ4n) is 1.43. The summed E-state index contributed by atoms with van der Waals surface area (Å²) in [5, 5.41) is 17.7. The summed E-state index contributed by atoms with van der Waals surface area (Å²) in [6.45, 7) is -0.681. The zero-order valence-corrected chi connectivity index (χ0v) is 8.91. The van der Waals surface area contributed by atoms with Crippen molar-refractivity contribution in [1.29, 1.82) is 5.26 Å². The topological polar surface area (TPSA) is 70.3 Å². The Morgan fingerprint density at radius 1 is 1.59 bits per heavy atom. The maximum Gasteiger partial charge on any atom is 0.337 e. The molecule has 0 spiro atoms. The van der Waals surface area contributed by atoms with E-state index in [4.69, 9.17) is 10.4 Å². The lowest BCUT2D eigenvalue weighted by molar-refractivity contribution is 0.0600. The van der Waals surface area contributed by atoms with Crippen LogP contribution in [0.5, 0.6) is 0 Å². The first-order valence-electron chi connectivity index (χ1n) is 4.59. The molecule has 0 fully saturated rings. The highest BCUT2D eigenvalue weighted by Gasteiger charge is 2.20. The molecule has 0 bridgehead atoms. The number of carbonyl (C=O) groups is 1. The van der Waals surface area contributed by atoms with E-state index in [9.17, 15) is 13.6 Å². The summed E-state index contributed by atoms with van der Waals surface area (Å²) in [5.41, 5.74) is -1.09. The number of methoxy groups -OCH3 is 1. The molecule has 1 N–H and O–H groups in total. The molecule has 0 aliphatic rings. The predicted molar refractivity (Wildman–Crippen MR) is 53.4 cm³/mol. The number of benzene rings is 1. The van der Waals surface area contributed by atoms with Gasteiger partial charge in [-0.25, -0.2) is 13.6 Å². The normalized spacial score (nSPS) is 10.1. The Morgan fingerprint density at radius 2 is 2.24 bits per heavy atom. The van der Waals surface area contributed by atoms with Gasteiger partial charge < -0.3 is 9.84 Å². The van der Waals surface area contributed by atoms with E-state index in [1.165, 1.54) is 0 Å². The Balaban J connectivity index is 3.46. The number of aliphatic hydroxyl groups is 1. The second kappa shape index (κ2) is 5.37. The van der Waals surface area contributed by atoms with Gasteiger partial charge in [0.25, 0.3) is 6.43 Å². The molecule has 0 radical (unpaired) electrons. The average Bonchev–Trinajstić information content (AvgIpc) is 2.35. The number of esters is 1. The minimum Gasteiger partial charge on any atom is -0.465 e. The summed E-state index contributed by atoms with van der Waals surface area (Å²) < 4.78 is 29.8. The van der Waals surface area contributed by atoms with Crippen LogP contribution in [-0.4, -0.2) is 18.2 Å². The zero-order valence-electron chi connectivity index (χ0n) is 8.91. The second-order valence-corrected chi connectivity index (χ2v) is 3.16. The molecule has 0 saturated heterocycles. The SMILES string of the molecule is COC(=O)c1cc(C#N)c(C(F)F)c(CO)c1. The van der Waals surface area contributed by atoms with Gasteiger partial charge in [0.05, 0.1) is 30.9 Å². The van der Waals surface area contributed by atoms with E-state index in [1.54, 1.807) is 6.07 Å². The summed E-state index contributed by atoms with van der Waals surface area (Å²) in [6.07, 6.45) is -2.89. The van der Waals surface area contributed by atoms with E-state index in [0.717, 1.165) is 19.2 Å². The third kappa shape index (κ3) is 2.57. The van der Waals surface area contributed by atoms with Gasteiger partial charge in [0.2, 0.25) is 0 Å². The highest BCUT2D eigenvalue weighted by Crippen LogP contribution is 2.28. The number of rotatable bonds is 3. The summed E-state index contributed by atoms with van der Waals surface area (Å²) in [7, 11) is 1.13. The third-order valence-corrected chi connectivity index (χ3v) is 2.20. The van der Waals surface area contributed by atoms with Crippen LogP contribution in [0.3, 0.4) is 0 Å². The quantitative estimate of drug-likeness (QED) is 0.819. The number of alkyl halides is 2. The van der Waals surface area contributed by atoms with Crippen LogP contribution in [0.4, 0.5) is 8.78 Å². The van der Waals surface area contributed by atoms with E-state index in [-0.39, 0.29) is 16.7 Å². The first-order chi connectivity index (χ1) is 8.04. The van der Waals surface area contributed by atoms with Crippen LogP contribution in [0.2, 0.25) is 0 Å². The maximum atomic E-state index is 12.7. The van der Waals surface area contributed by atoms with Gasteiger partial charge in [0, 0.05) is 5.56 Å². The molecule has 0 unspecified atom stereocenters. The van der Waals surface area contributed by atoms with Gasteiger partial charge in [0.1, 0.15) is 0 Å². The molecule has 1 aromatic carbocycles. The first-order valence-corrected chi connectivity index (χ1v) is 4.59. The van der Waals surface area contributed by atoms with E-state index >= 15 is 0 Å². The average molecular weight is 241 g/mol. The Hall–Kier alpha value is -2.00. The van der Waals surface area contributed by atoms with Crippen LogP contribution in [0.1, 0.15) is 33.5 Å². The van der Waals surface area contributed by atoms with E-state index in [1.807, 2.05) is 0 Å². The molecule has 0 amide bonds. The Kier molecular flexibility index (Phi) is 4.12. The van der Waals surface area contributed by atoms with Gasteiger partial charge in [0.15, 0.2) is 0 Å². The summed E-state index contributed by atoms with van der Waals surface area (Å²) >= 11 is 0. The molecule has 1 rings (SSSR count). The Bertz CT molecular complexity index is 480. The number of nitriles is 1. The molecule has 4 nitrogen and oxygen atoms in total. The number of hydrogen-bond acceptors (Lipinski definition) is 4. The largest absolute Gasteiger partial charge is 0.465 e. The lowest BCUT2D eigenvalue weighted by atomic mass is 9.98. The van der Waals surface area contributed by atoms with Crippen LogP contribution >= 0.6 is 0 Å². The van der Waals surface area contributed by atoms with Crippen molar-refractivity contribution in [1.82, 2.24) is 0 Å². The second-order valence-electron chi connectivity index (χ2n) is 3.16. The molecular weight excluding hydrogens is 232 g/mol. The Morgan fingerprint density at radius 3 is 2.65 bits per heavy atom. The van der Waals surface area contributed by atoms with Crippen LogP contribution in [0, 0.1) is 11.3 Å². The van der Waals surface area contributed by atoms with Crippen molar-refractivity contribution in [3.05, 3.63) is 34.4 Å². The number of carbonyl (C=O) groups excluding carboxylic acids is 1. The Labute approximate surface area is 96.0 Å². The van der Waals surface area contributed by atoms with Crippen molar-refractivity contribution in [3.63, 3.8) is 0 Å². The minimum atomic E-state index is -2.89. The summed E-state index contributed by atoms with van der Waals surface area (Å²) in [4.78, 5) is 11.2. The number of aliphatic hydroxyl groups excluding tert-OH is 1. The van der Waals surface area contributed by atoms with Crippen molar-refractivity contribution >= 4 is 5.97 Å². The van der Waals surface area contributed by atoms with Gasteiger partial charge in [-0.05, 0) is 17.7 Å². The molecular formula is C11H9F2NO3. The molecule has 0 aliphatic heterocycles. The van der Waals surface area contributed by atoms with E-state index in [2.05, 4.69) is 4.74 Å². The van der Waals surface area contributed by atoms with Crippen molar-refractivity contribution in [2.24, 2.45) is 0 Å². The van der Waals surface area contributed by atoms with Gasteiger partial charge in [-0.15, -0.1) is 0 Å². The third-order valence-electron chi connectivity index (χ3n) is 2.20. The summed E-state index contributed by atoms with van der Waals surface area (Å²) in [5.74, 6) is -0.753. The lowest BCUT2D eigenvalue weighted by Crippen LogP contribution is -2.07. The molecule has 6 heteroatoms. The minimum absolute atomic E-state index is 0.0440. The van der Waals surface area contributed by atoms with Gasteiger partial charge in [-0.3, -0.25) is 0 Å². The van der Waals surface area contributed by atoms with E-state index in [0.29, 0.717) is 0 Å². The molecule has 0 aromatic heterocycles. The predicted octanol–water partition coefficient (Wildman–Crippen LogP) is 1.77. The van der Waals surface area contributed by atoms with Gasteiger partial charge in [-0.2, -0.15) is 5.26 Å². The van der Waals surface area contributed by atoms with Crippen molar-refractivity contribution in [2.75, 3.05) is 7.11 Å². The fraction of sp³-hybridized carbons (Fsp3) is 0.273. The molecule has 1 aromatic rings. The molecule has 0 aliphatic carbocycles. The zero-order chi connectivity index (χ0) is 13.0. The van der Waals surface area contributed by atoms with Crippen LogP contribution in [0.15, 0.2) is 12.1 Å². The standard InChI is InChI=1S/C11H9F2NO3/c1-17-11(16)6-2-7(4-14)9(10(12)13)8(3-6)5-15/h2-3,10,15H,5H2,1H3. The summed E-state index contributed by atoms with van der Waals surface area (Å²) in [6, 6.07) is 3.68. The van der Waals surface area contributed by atoms with Crippen molar-refractivity contribution in [3.8, 4) is 6.07 Å². The van der Waals surface area contributed by atoms with Gasteiger partial charge >= 0.3 is 5.97 Å². The lowest BCUT2D eigenvalue weighted by Gasteiger charge is -2.10. The van der Waals surface area contributed by atoms with Crippen LogP contribution in [-0.2, 0) is 11.3 Å². The fourth-order valence-corrected chi connectivity index (χ4v) is 1.43. The number of hydrogen-bond donors (Lipinski definition) is 1. The van der Waals surface area contributed by atoms with Gasteiger partial charge in [-0.1, -0.05) is 0 Å². The smallest absolute Gasteiger partial charge is 0.337 e. The van der Waals surface area contributed by atoms with Crippen LogP contribution in [0.25, 0.3) is 0 Å². The van der Waals surface area contributed by atoms with Crippen molar-refractivity contribution in [2.45, 2.75) is 13.0 Å². The van der Waals surface area contributed by atoms with Crippen LogP contribution < -0.4 is 0 Å². The molecule has 17 heavy (non-hydrogen) atoms. The number of nitrogens with zero attached hydrogens (tertiary/aromatic N) is 1. The highest BCUT2D eigenvalue weighted by atomic mass is 19.3. The maximum absolute atomic E-state index is 12.7. The van der Waals surface area contributed by atoms with Crippen molar-refractivity contribution < 1.29 is 23.4 Å². The highest BCUT2D eigenvalue weighted by molar-refractivity contribution is 5.90. The molecule has 0 saturated carbocycles.